The molecule has 3 nitrogen and oxygen atoms in total. The van der Waals surface area contributed by atoms with Crippen molar-refractivity contribution in [3.63, 3.8) is 0 Å². The fourth-order valence-corrected chi connectivity index (χ4v) is 1.09. The Morgan fingerprint density at radius 2 is 1.87 bits per heavy atom. The van der Waals surface area contributed by atoms with E-state index >= 15 is 0 Å². The minimum absolute atomic E-state index is 0.000116. The predicted octanol–water partition coefficient (Wildman–Crippen LogP) is 2.18. The van der Waals surface area contributed by atoms with Crippen molar-refractivity contribution in [2.24, 2.45) is 0 Å². The third-order valence-corrected chi connectivity index (χ3v) is 1.74. The third kappa shape index (κ3) is 2.31. The summed E-state index contributed by atoms with van der Waals surface area (Å²) in [5.41, 5.74) is -1.34. The maximum atomic E-state index is 12.3. The number of benzene rings is 1. The van der Waals surface area contributed by atoms with E-state index < -0.39 is 23.2 Å². The second-order valence-corrected chi connectivity index (χ2v) is 2.84. The molecule has 0 radical (unpaired) electrons. The van der Waals surface area contributed by atoms with E-state index in [0.717, 1.165) is 6.07 Å². The molecule has 80 valence electrons. The monoisotopic (exact) mass is 217 g/mol. The molecular formula is C9H6F3NO2. The molecule has 0 spiro atoms. The van der Waals surface area contributed by atoms with E-state index in [-0.39, 0.29) is 12.0 Å². The maximum absolute atomic E-state index is 12.3. The first-order chi connectivity index (χ1) is 6.86. The molecule has 15 heavy (non-hydrogen) atoms. The molecule has 0 aliphatic heterocycles. The van der Waals surface area contributed by atoms with Crippen LogP contribution < -0.4 is 0 Å². The highest BCUT2D eigenvalue weighted by Crippen LogP contribution is 2.41. The highest BCUT2D eigenvalue weighted by molar-refractivity contribution is 5.49. The van der Waals surface area contributed by atoms with Crippen molar-refractivity contribution in [3.05, 3.63) is 23.3 Å². The van der Waals surface area contributed by atoms with Crippen LogP contribution in [0.1, 0.15) is 11.1 Å². The number of aromatic hydroxyl groups is 2. The van der Waals surface area contributed by atoms with E-state index in [2.05, 4.69) is 0 Å². The molecule has 1 rings (SSSR count). The fraction of sp³-hybridized carbons (Fsp3) is 0.222. The van der Waals surface area contributed by atoms with Gasteiger partial charge in [0.15, 0.2) is 11.5 Å². The fourth-order valence-electron chi connectivity index (χ4n) is 1.09. The first-order valence-corrected chi connectivity index (χ1v) is 3.85. The summed E-state index contributed by atoms with van der Waals surface area (Å²) in [6.07, 6.45) is -5.02. The van der Waals surface area contributed by atoms with Gasteiger partial charge in [0.25, 0.3) is 0 Å². The molecule has 2 N–H and O–H groups in total. The van der Waals surface area contributed by atoms with E-state index in [1.54, 1.807) is 6.07 Å². The number of hydrogen-bond donors (Lipinski definition) is 2. The van der Waals surface area contributed by atoms with E-state index in [4.69, 9.17) is 15.5 Å². The van der Waals surface area contributed by atoms with Crippen molar-refractivity contribution in [2.75, 3.05) is 0 Å². The lowest BCUT2D eigenvalue weighted by atomic mass is 10.1. The Balaban J connectivity index is 3.33. The summed E-state index contributed by atoms with van der Waals surface area (Å²) in [5.74, 6) is -2.10. The molecule has 0 heterocycles. The molecule has 0 amide bonds. The summed E-state index contributed by atoms with van der Waals surface area (Å²) in [6, 6.07) is 3.21. The van der Waals surface area contributed by atoms with Crippen LogP contribution in [0.3, 0.4) is 0 Å². The zero-order chi connectivity index (χ0) is 11.6. The first-order valence-electron chi connectivity index (χ1n) is 3.85. The van der Waals surface area contributed by atoms with Gasteiger partial charge in [0.2, 0.25) is 0 Å². The Labute approximate surface area is 83.0 Å². The summed E-state index contributed by atoms with van der Waals surface area (Å²) < 4.78 is 36.9. The Bertz CT molecular complexity index is 421. The molecule has 0 unspecified atom stereocenters. The van der Waals surface area contributed by atoms with Crippen LogP contribution in [0.15, 0.2) is 12.1 Å². The second-order valence-electron chi connectivity index (χ2n) is 2.84. The molecule has 6 heteroatoms. The Morgan fingerprint density at radius 1 is 1.27 bits per heavy atom. The molecule has 0 fully saturated rings. The zero-order valence-electron chi connectivity index (χ0n) is 7.34. The quantitative estimate of drug-likeness (QED) is 0.708. The number of alkyl halides is 3. The molecule has 1 aromatic carbocycles. The smallest absolute Gasteiger partial charge is 0.420 e. The topological polar surface area (TPSA) is 64.2 Å². The van der Waals surface area contributed by atoms with Crippen molar-refractivity contribution < 1.29 is 23.4 Å². The van der Waals surface area contributed by atoms with Crippen LogP contribution in [0.4, 0.5) is 13.2 Å². The second kappa shape index (κ2) is 3.69. The van der Waals surface area contributed by atoms with Crippen LogP contribution >= 0.6 is 0 Å². The number of hydrogen-bond acceptors (Lipinski definition) is 3. The van der Waals surface area contributed by atoms with Gasteiger partial charge >= 0.3 is 6.18 Å². The van der Waals surface area contributed by atoms with Gasteiger partial charge < -0.3 is 10.2 Å². The van der Waals surface area contributed by atoms with Crippen LogP contribution in [0.25, 0.3) is 0 Å². The molecule has 0 bridgehead atoms. The van der Waals surface area contributed by atoms with Gasteiger partial charge in [-0.05, 0) is 17.7 Å². The Kier molecular flexibility index (Phi) is 2.75. The summed E-state index contributed by atoms with van der Waals surface area (Å²) >= 11 is 0. The number of phenolic OH excluding ortho intramolecular Hbond substituents is 2. The average molecular weight is 217 g/mol. The van der Waals surface area contributed by atoms with Crippen molar-refractivity contribution in [3.8, 4) is 17.6 Å². The van der Waals surface area contributed by atoms with Crippen molar-refractivity contribution in [1.82, 2.24) is 0 Å². The number of phenols is 2. The normalized spacial score (nSPS) is 11.1. The summed E-state index contributed by atoms with van der Waals surface area (Å²) in [4.78, 5) is 0. The Morgan fingerprint density at radius 3 is 2.33 bits per heavy atom. The lowest BCUT2D eigenvalue weighted by molar-refractivity contribution is -0.138. The van der Waals surface area contributed by atoms with E-state index in [9.17, 15) is 13.2 Å². The van der Waals surface area contributed by atoms with Crippen molar-refractivity contribution in [2.45, 2.75) is 12.6 Å². The molecule has 0 aliphatic rings. The van der Waals surface area contributed by atoms with E-state index in [1.165, 1.54) is 0 Å². The standard InChI is InChI=1S/C9H6F3NO2/c10-9(11,12)6-3-5(1-2-13)4-7(14)8(6)15/h3-4,14-15H,1H2. The van der Waals surface area contributed by atoms with Crippen molar-refractivity contribution in [1.29, 1.82) is 5.26 Å². The highest BCUT2D eigenvalue weighted by atomic mass is 19.4. The summed E-state index contributed by atoms with van der Waals surface area (Å²) in [7, 11) is 0. The van der Waals surface area contributed by atoms with Gasteiger partial charge in [-0.2, -0.15) is 18.4 Å². The predicted molar refractivity (Wildman–Crippen MR) is 44.1 cm³/mol. The molecule has 1 aromatic rings. The highest BCUT2D eigenvalue weighted by Gasteiger charge is 2.35. The molecule has 0 saturated carbocycles. The zero-order valence-corrected chi connectivity index (χ0v) is 7.34. The van der Waals surface area contributed by atoms with Gasteiger partial charge in [-0.1, -0.05) is 0 Å². The third-order valence-electron chi connectivity index (χ3n) is 1.74. The van der Waals surface area contributed by atoms with Gasteiger partial charge in [-0.3, -0.25) is 0 Å². The summed E-state index contributed by atoms with van der Waals surface area (Å²) in [6.45, 7) is 0. The summed E-state index contributed by atoms with van der Waals surface area (Å²) in [5, 5.41) is 26.3. The maximum Gasteiger partial charge on any atom is 0.420 e. The average Bonchev–Trinajstić information content (AvgIpc) is 2.09. The molecule has 0 atom stereocenters. The SMILES string of the molecule is N#CCc1cc(O)c(O)c(C(F)(F)F)c1. The van der Waals surface area contributed by atoms with E-state index in [0.29, 0.717) is 6.07 Å². The van der Waals surface area contributed by atoms with Gasteiger partial charge in [-0.15, -0.1) is 0 Å². The molecule has 0 aromatic heterocycles. The van der Waals surface area contributed by atoms with Crippen LogP contribution in [0, 0.1) is 11.3 Å². The van der Waals surface area contributed by atoms with Crippen LogP contribution in [0.5, 0.6) is 11.5 Å². The van der Waals surface area contributed by atoms with Crippen LogP contribution in [0.2, 0.25) is 0 Å². The minimum Gasteiger partial charge on any atom is -0.504 e. The number of rotatable bonds is 1. The lowest BCUT2D eigenvalue weighted by Crippen LogP contribution is -2.06. The Hall–Kier alpha value is -1.90. The number of nitriles is 1. The number of nitrogens with zero attached hydrogens (tertiary/aromatic N) is 1. The molecular weight excluding hydrogens is 211 g/mol. The van der Waals surface area contributed by atoms with Gasteiger partial charge in [0.1, 0.15) is 5.56 Å². The molecule has 0 aliphatic carbocycles. The van der Waals surface area contributed by atoms with E-state index in [1.807, 2.05) is 0 Å². The largest absolute Gasteiger partial charge is 0.504 e. The van der Waals surface area contributed by atoms with Crippen molar-refractivity contribution >= 4 is 0 Å². The minimum atomic E-state index is -4.76. The first kappa shape index (κ1) is 11.2. The molecule has 0 saturated heterocycles. The van der Waals surface area contributed by atoms with Crippen LogP contribution in [-0.2, 0) is 12.6 Å². The van der Waals surface area contributed by atoms with Gasteiger partial charge in [-0.25, -0.2) is 0 Å². The lowest BCUT2D eigenvalue weighted by Gasteiger charge is -2.11. The van der Waals surface area contributed by atoms with Gasteiger partial charge in [0, 0.05) is 0 Å². The number of halogens is 3. The van der Waals surface area contributed by atoms with Gasteiger partial charge in [0.05, 0.1) is 12.5 Å². The van der Waals surface area contributed by atoms with Crippen LogP contribution in [-0.4, -0.2) is 10.2 Å².